The lowest BCUT2D eigenvalue weighted by Gasteiger charge is -2.09. The number of nitrogens with two attached hydrogens (primary N) is 1. The van der Waals surface area contributed by atoms with Crippen molar-refractivity contribution in [3.05, 3.63) is 114 Å². The Hall–Kier alpha value is -5.51. The summed E-state index contributed by atoms with van der Waals surface area (Å²) in [5, 5.41) is 10.9. The topological polar surface area (TPSA) is 128 Å². The SMILES string of the molecule is NC(=O)Oc1ccc(C(=O)Nc2ccc(-n3ncc4cc(NC(=O)c5ccc(F)cc5)ccc43)cc2)cc1. The molecule has 10 heteroatoms. The summed E-state index contributed by atoms with van der Waals surface area (Å²) in [6.07, 6.45) is 0.755. The number of benzene rings is 4. The van der Waals surface area contributed by atoms with Crippen molar-refractivity contribution in [2.24, 2.45) is 5.73 Å². The molecule has 0 unspecified atom stereocenters. The van der Waals surface area contributed by atoms with Crippen LogP contribution in [0.2, 0.25) is 0 Å². The summed E-state index contributed by atoms with van der Waals surface area (Å²) in [7, 11) is 0. The fourth-order valence-corrected chi connectivity index (χ4v) is 3.80. The minimum atomic E-state index is -0.929. The van der Waals surface area contributed by atoms with E-state index in [-0.39, 0.29) is 17.6 Å². The number of nitrogens with zero attached hydrogens (tertiary/aromatic N) is 2. The second-order valence-corrected chi connectivity index (χ2v) is 8.24. The van der Waals surface area contributed by atoms with E-state index in [9.17, 15) is 18.8 Å². The highest BCUT2D eigenvalue weighted by molar-refractivity contribution is 6.05. The van der Waals surface area contributed by atoms with Gasteiger partial charge in [0, 0.05) is 27.9 Å². The first-order valence-electron chi connectivity index (χ1n) is 11.4. The first-order valence-corrected chi connectivity index (χ1v) is 11.4. The molecule has 0 radical (unpaired) electrons. The number of fused-ring (bicyclic) bond motifs is 1. The number of carbonyl (C=O) groups is 3. The Morgan fingerprint density at radius 1 is 0.763 bits per heavy atom. The van der Waals surface area contributed by atoms with Crippen molar-refractivity contribution in [2.75, 3.05) is 10.6 Å². The molecule has 0 fully saturated rings. The number of hydrogen-bond acceptors (Lipinski definition) is 5. The van der Waals surface area contributed by atoms with Crippen molar-refractivity contribution < 1.29 is 23.5 Å². The lowest BCUT2D eigenvalue weighted by atomic mass is 10.2. The van der Waals surface area contributed by atoms with Gasteiger partial charge in [0.25, 0.3) is 11.8 Å². The molecule has 0 spiro atoms. The smallest absolute Gasteiger partial charge is 0.409 e. The van der Waals surface area contributed by atoms with E-state index < -0.39 is 11.9 Å². The van der Waals surface area contributed by atoms with Crippen LogP contribution in [0.1, 0.15) is 20.7 Å². The molecule has 0 aliphatic carbocycles. The fraction of sp³-hybridized carbons (Fsp3) is 0. The molecule has 9 nitrogen and oxygen atoms in total. The first kappa shape index (κ1) is 24.2. The van der Waals surface area contributed by atoms with Crippen LogP contribution in [0.5, 0.6) is 5.75 Å². The average molecular weight is 509 g/mol. The Bertz CT molecular complexity index is 1650. The predicted octanol–water partition coefficient (Wildman–Crippen LogP) is 5.13. The van der Waals surface area contributed by atoms with Gasteiger partial charge in [0.2, 0.25) is 0 Å². The van der Waals surface area contributed by atoms with E-state index in [4.69, 9.17) is 10.5 Å². The second-order valence-electron chi connectivity index (χ2n) is 8.24. The van der Waals surface area contributed by atoms with E-state index in [0.29, 0.717) is 22.5 Å². The van der Waals surface area contributed by atoms with E-state index in [1.165, 1.54) is 48.5 Å². The minimum absolute atomic E-state index is 0.243. The number of aromatic nitrogens is 2. The quantitative estimate of drug-likeness (QED) is 0.292. The van der Waals surface area contributed by atoms with Crippen LogP contribution in [0, 0.1) is 5.82 Å². The Balaban J connectivity index is 1.27. The van der Waals surface area contributed by atoms with Crippen molar-refractivity contribution in [1.82, 2.24) is 9.78 Å². The molecular weight excluding hydrogens is 489 g/mol. The number of rotatable bonds is 6. The van der Waals surface area contributed by atoms with Gasteiger partial charge in [-0.1, -0.05) is 0 Å². The molecule has 4 N–H and O–H groups in total. The van der Waals surface area contributed by atoms with Crippen LogP contribution in [0.3, 0.4) is 0 Å². The molecular formula is C28H20FN5O4. The molecule has 38 heavy (non-hydrogen) atoms. The van der Waals surface area contributed by atoms with E-state index >= 15 is 0 Å². The monoisotopic (exact) mass is 509 g/mol. The summed E-state index contributed by atoms with van der Waals surface area (Å²) in [5.74, 6) is -0.839. The second kappa shape index (κ2) is 10.2. The molecule has 4 aromatic carbocycles. The van der Waals surface area contributed by atoms with E-state index in [1.807, 2.05) is 18.2 Å². The van der Waals surface area contributed by atoms with Crippen molar-refractivity contribution in [3.63, 3.8) is 0 Å². The van der Waals surface area contributed by atoms with E-state index in [0.717, 1.165) is 16.6 Å². The Labute approximate surface area is 215 Å². The lowest BCUT2D eigenvalue weighted by Crippen LogP contribution is -2.16. The van der Waals surface area contributed by atoms with Crippen LogP contribution in [0.4, 0.5) is 20.6 Å². The lowest BCUT2D eigenvalue weighted by molar-refractivity contribution is 0.101. The van der Waals surface area contributed by atoms with Crippen molar-refractivity contribution in [3.8, 4) is 11.4 Å². The fourth-order valence-electron chi connectivity index (χ4n) is 3.80. The summed E-state index contributed by atoms with van der Waals surface area (Å²) in [6, 6.07) is 23.8. The van der Waals surface area contributed by atoms with Gasteiger partial charge in [0.1, 0.15) is 11.6 Å². The number of halogens is 1. The molecule has 5 rings (SSSR count). The predicted molar refractivity (Wildman–Crippen MR) is 140 cm³/mol. The van der Waals surface area contributed by atoms with Gasteiger partial charge in [-0.05, 0) is 91.0 Å². The number of ether oxygens (including phenoxy) is 1. The molecule has 0 saturated carbocycles. The molecule has 3 amide bonds. The molecule has 5 aromatic rings. The van der Waals surface area contributed by atoms with Gasteiger partial charge >= 0.3 is 6.09 Å². The Morgan fingerprint density at radius 3 is 1.97 bits per heavy atom. The van der Waals surface area contributed by atoms with Gasteiger partial charge in [-0.25, -0.2) is 13.9 Å². The maximum absolute atomic E-state index is 13.1. The van der Waals surface area contributed by atoms with E-state index in [1.54, 1.807) is 35.1 Å². The number of amides is 3. The summed E-state index contributed by atoms with van der Waals surface area (Å²) in [6.45, 7) is 0. The third-order valence-corrected chi connectivity index (χ3v) is 5.64. The van der Waals surface area contributed by atoms with Crippen molar-refractivity contribution in [2.45, 2.75) is 0 Å². The van der Waals surface area contributed by atoms with Gasteiger partial charge in [0.05, 0.1) is 17.4 Å². The van der Waals surface area contributed by atoms with Crippen LogP contribution in [-0.2, 0) is 0 Å². The van der Waals surface area contributed by atoms with Crippen molar-refractivity contribution in [1.29, 1.82) is 0 Å². The summed E-state index contributed by atoms with van der Waals surface area (Å²) in [4.78, 5) is 35.8. The third-order valence-electron chi connectivity index (χ3n) is 5.64. The molecule has 0 atom stereocenters. The zero-order valence-electron chi connectivity index (χ0n) is 19.7. The van der Waals surface area contributed by atoms with Gasteiger partial charge in [-0.3, -0.25) is 9.59 Å². The number of carbonyl (C=O) groups excluding carboxylic acids is 3. The number of anilines is 2. The van der Waals surface area contributed by atoms with Gasteiger partial charge in [0.15, 0.2) is 0 Å². The molecule has 0 aliphatic heterocycles. The highest BCUT2D eigenvalue weighted by Crippen LogP contribution is 2.24. The zero-order valence-corrected chi connectivity index (χ0v) is 19.7. The average Bonchev–Trinajstić information content (AvgIpc) is 3.33. The van der Waals surface area contributed by atoms with Gasteiger partial charge in [-0.2, -0.15) is 5.10 Å². The normalized spacial score (nSPS) is 10.7. The van der Waals surface area contributed by atoms with Crippen LogP contribution in [0.25, 0.3) is 16.6 Å². The van der Waals surface area contributed by atoms with Crippen LogP contribution in [-0.4, -0.2) is 27.7 Å². The number of primary amides is 1. The molecule has 0 saturated heterocycles. The van der Waals surface area contributed by atoms with Crippen LogP contribution >= 0.6 is 0 Å². The van der Waals surface area contributed by atoms with Gasteiger partial charge < -0.3 is 21.1 Å². The highest BCUT2D eigenvalue weighted by atomic mass is 19.1. The molecule has 0 bridgehead atoms. The number of nitrogens with one attached hydrogen (secondary N) is 2. The maximum atomic E-state index is 13.1. The molecule has 0 aliphatic rings. The maximum Gasteiger partial charge on any atom is 0.409 e. The van der Waals surface area contributed by atoms with Crippen molar-refractivity contribution >= 4 is 40.2 Å². The van der Waals surface area contributed by atoms with Gasteiger partial charge in [-0.15, -0.1) is 0 Å². The number of hydrogen-bond donors (Lipinski definition) is 3. The third kappa shape index (κ3) is 5.34. The molecule has 1 heterocycles. The standard InChI is InChI=1S/C28H20FN5O4/c29-20-5-1-17(2-6-20)27(36)33-22-9-14-25-19(15-22)16-31-34(25)23-10-7-21(8-11-23)32-26(35)18-3-12-24(13-4-18)38-28(30)37/h1-16H,(H2,30,37)(H,32,35)(H,33,36). The molecule has 188 valence electrons. The first-order chi connectivity index (χ1) is 18.4. The Morgan fingerprint density at radius 2 is 1.34 bits per heavy atom. The van der Waals surface area contributed by atoms with E-state index in [2.05, 4.69) is 15.7 Å². The summed E-state index contributed by atoms with van der Waals surface area (Å²) >= 11 is 0. The highest BCUT2D eigenvalue weighted by Gasteiger charge is 2.11. The van der Waals surface area contributed by atoms with Crippen LogP contribution in [0.15, 0.2) is 97.2 Å². The molecule has 1 aromatic heterocycles. The summed E-state index contributed by atoms with van der Waals surface area (Å²) in [5.41, 5.74) is 8.47. The Kier molecular flexibility index (Phi) is 6.51. The van der Waals surface area contributed by atoms with Crippen LogP contribution < -0.4 is 21.1 Å². The summed E-state index contributed by atoms with van der Waals surface area (Å²) < 4.78 is 19.6. The zero-order chi connectivity index (χ0) is 26.6. The minimum Gasteiger partial charge on any atom is -0.411 e. The largest absolute Gasteiger partial charge is 0.411 e.